The number of amides is 2. The third-order valence-corrected chi connectivity index (χ3v) is 6.35. The average molecular weight is 430 g/mol. The quantitative estimate of drug-likeness (QED) is 0.416. The van der Waals surface area contributed by atoms with Crippen molar-refractivity contribution in [2.24, 2.45) is 0 Å². The Kier molecular flexibility index (Phi) is 8.77. The number of hydrogen-bond acceptors (Lipinski definition) is 5. The van der Waals surface area contributed by atoms with Crippen molar-refractivity contribution in [3.63, 3.8) is 0 Å². The van der Waals surface area contributed by atoms with E-state index in [-0.39, 0.29) is 6.61 Å². The first-order valence-corrected chi connectivity index (χ1v) is 13.6. The van der Waals surface area contributed by atoms with Crippen molar-refractivity contribution < 1.29 is 23.8 Å². The summed E-state index contributed by atoms with van der Waals surface area (Å²) in [6.45, 7) is 6.85. The maximum atomic E-state index is 13.3. The maximum absolute atomic E-state index is 13.3. The molecule has 0 unspecified atom stereocenters. The van der Waals surface area contributed by atoms with Gasteiger partial charge in [0.25, 0.3) is 5.91 Å². The molecule has 2 rings (SSSR count). The largest absolute Gasteiger partial charge is 0.449 e. The highest BCUT2D eigenvalue weighted by Gasteiger charge is 2.38. The van der Waals surface area contributed by atoms with Crippen LogP contribution in [0.25, 0.3) is 0 Å². The van der Waals surface area contributed by atoms with Crippen molar-refractivity contribution in [2.75, 3.05) is 20.8 Å². The molecule has 7 heteroatoms. The molecule has 0 spiro atoms. The molecule has 0 aliphatic rings. The molecule has 0 N–H and O–H groups in total. The maximum Gasteiger partial charge on any atom is 0.419 e. The lowest BCUT2D eigenvalue weighted by atomic mass is 10.1. The Hall–Kier alpha value is -2.48. The summed E-state index contributed by atoms with van der Waals surface area (Å²) in [5.74, 6) is -0.501. The summed E-state index contributed by atoms with van der Waals surface area (Å²) < 4.78 is 16.8. The van der Waals surface area contributed by atoms with Crippen LogP contribution in [0.1, 0.15) is 22.0 Å². The third-order valence-electron chi connectivity index (χ3n) is 4.65. The monoisotopic (exact) mass is 429 g/mol. The molecule has 0 saturated carbocycles. The van der Waals surface area contributed by atoms with E-state index >= 15 is 0 Å². The van der Waals surface area contributed by atoms with E-state index in [1.165, 1.54) is 14.2 Å². The molecule has 30 heavy (non-hydrogen) atoms. The van der Waals surface area contributed by atoms with Crippen LogP contribution in [-0.2, 0) is 14.2 Å². The van der Waals surface area contributed by atoms with Gasteiger partial charge < -0.3 is 14.2 Å². The van der Waals surface area contributed by atoms with Crippen molar-refractivity contribution in [3.05, 3.63) is 71.8 Å². The SMILES string of the molecule is CO[C@H](c1ccccc1)[C@H](OC)N(C(=O)OCC[Si](C)(C)C)C(=O)c1ccccc1. The fraction of sp³-hybridized carbons (Fsp3) is 0.391. The molecule has 0 aromatic heterocycles. The first-order chi connectivity index (χ1) is 14.3. The second-order valence-corrected chi connectivity index (χ2v) is 13.8. The molecule has 0 saturated heterocycles. The molecule has 0 radical (unpaired) electrons. The minimum Gasteiger partial charge on any atom is -0.449 e. The third kappa shape index (κ3) is 6.52. The first kappa shape index (κ1) is 23.8. The van der Waals surface area contributed by atoms with Gasteiger partial charge in [-0.2, -0.15) is 0 Å². The molecule has 0 aliphatic heterocycles. The van der Waals surface area contributed by atoms with E-state index in [0.717, 1.165) is 16.5 Å². The minimum absolute atomic E-state index is 0.256. The molecule has 6 nitrogen and oxygen atoms in total. The Morgan fingerprint density at radius 3 is 1.97 bits per heavy atom. The van der Waals surface area contributed by atoms with Crippen LogP contribution in [0.15, 0.2) is 60.7 Å². The highest BCUT2D eigenvalue weighted by atomic mass is 28.3. The smallest absolute Gasteiger partial charge is 0.419 e. The zero-order chi connectivity index (χ0) is 22.1. The van der Waals surface area contributed by atoms with Gasteiger partial charge in [0.05, 0.1) is 6.61 Å². The summed E-state index contributed by atoms with van der Waals surface area (Å²) in [7, 11) is 1.56. The summed E-state index contributed by atoms with van der Waals surface area (Å²) in [4.78, 5) is 27.4. The summed E-state index contributed by atoms with van der Waals surface area (Å²) >= 11 is 0. The number of imide groups is 1. The lowest BCUT2D eigenvalue weighted by Gasteiger charge is -2.33. The fourth-order valence-corrected chi connectivity index (χ4v) is 3.67. The Morgan fingerprint density at radius 1 is 0.900 bits per heavy atom. The molecule has 0 aliphatic carbocycles. The molecule has 0 heterocycles. The Bertz CT molecular complexity index is 807. The minimum atomic E-state index is -1.40. The van der Waals surface area contributed by atoms with Crippen LogP contribution >= 0.6 is 0 Å². The molecule has 0 fully saturated rings. The van der Waals surface area contributed by atoms with E-state index in [1.807, 2.05) is 36.4 Å². The molecule has 0 bridgehead atoms. The molecule has 2 aromatic rings. The normalized spacial score (nSPS) is 13.4. The summed E-state index contributed by atoms with van der Waals surface area (Å²) in [6.07, 6.45) is -2.41. The van der Waals surface area contributed by atoms with Crippen LogP contribution in [0.4, 0.5) is 4.79 Å². The van der Waals surface area contributed by atoms with Crippen molar-refractivity contribution in [1.82, 2.24) is 4.90 Å². The van der Waals surface area contributed by atoms with Crippen LogP contribution in [0.5, 0.6) is 0 Å². The summed E-state index contributed by atoms with van der Waals surface area (Å²) in [6, 6.07) is 18.7. The van der Waals surface area contributed by atoms with Crippen molar-refractivity contribution in [3.8, 4) is 0 Å². The van der Waals surface area contributed by atoms with Gasteiger partial charge >= 0.3 is 6.09 Å². The van der Waals surface area contributed by atoms with Crippen molar-refractivity contribution >= 4 is 20.1 Å². The summed E-state index contributed by atoms with van der Waals surface area (Å²) in [5.41, 5.74) is 1.15. The lowest BCUT2D eigenvalue weighted by molar-refractivity contribution is -0.0999. The average Bonchev–Trinajstić information content (AvgIpc) is 2.73. The van der Waals surface area contributed by atoms with Gasteiger partial charge in [0.2, 0.25) is 0 Å². The number of carbonyl (C=O) groups is 2. The molecular formula is C23H31NO5Si. The van der Waals surface area contributed by atoms with Gasteiger partial charge in [-0.05, 0) is 23.7 Å². The van der Waals surface area contributed by atoms with Crippen molar-refractivity contribution in [2.45, 2.75) is 38.0 Å². The van der Waals surface area contributed by atoms with E-state index in [0.29, 0.717) is 5.56 Å². The standard InChI is InChI=1S/C23H31NO5Si/c1-27-20(18-12-8-6-9-13-18)22(28-2)24(21(25)19-14-10-7-11-15-19)23(26)29-16-17-30(3,4)5/h6-15,20,22H,16-17H2,1-5H3/t20-,22+/m1/s1. The van der Waals surface area contributed by atoms with Gasteiger partial charge in [-0.25, -0.2) is 9.69 Å². The Morgan fingerprint density at radius 2 is 1.47 bits per heavy atom. The number of ether oxygens (including phenoxy) is 3. The molecule has 2 amide bonds. The topological polar surface area (TPSA) is 65.1 Å². The molecule has 2 atom stereocenters. The van der Waals surface area contributed by atoms with Gasteiger partial charge in [0.15, 0.2) is 6.23 Å². The van der Waals surface area contributed by atoms with Gasteiger partial charge in [-0.1, -0.05) is 68.2 Å². The molecular weight excluding hydrogens is 398 g/mol. The van der Waals surface area contributed by atoms with E-state index < -0.39 is 32.4 Å². The highest BCUT2D eigenvalue weighted by molar-refractivity contribution is 6.76. The van der Waals surface area contributed by atoms with Crippen LogP contribution in [0.2, 0.25) is 25.7 Å². The predicted molar refractivity (Wildman–Crippen MR) is 119 cm³/mol. The fourth-order valence-electron chi connectivity index (χ4n) is 2.96. The molecule has 2 aromatic carbocycles. The van der Waals surface area contributed by atoms with Gasteiger partial charge in [0.1, 0.15) is 6.10 Å². The predicted octanol–water partition coefficient (Wildman–Crippen LogP) is 4.96. The Labute approximate surface area is 179 Å². The van der Waals surface area contributed by atoms with Crippen LogP contribution in [0.3, 0.4) is 0 Å². The second kappa shape index (κ2) is 11.1. The highest BCUT2D eigenvalue weighted by Crippen LogP contribution is 2.27. The number of methoxy groups -OCH3 is 2. The number of hydrogen-bond donors (Lipinski definition) is 0. The van der Waals surface area contributed by atoms with Crippen LogP contribution in [0, 0.1) is 0 Å². The van der Waals surface area contributed by atoms with Crippen LogP contribution < -0.4 is 0 Å². The van der Waals surface area contributed by atoms with E-state index in [2.05, 4.69) is 19.6 Å². The van der Waals surface area contributed by atoms with E-state index in [1.54, 1.807) is 24.3 Å². The zero-order valence-electron chi connectivity index (χ0n) is 18.3. The number of carbonyl (C=O) groups excluding carboxylic acids is 2. The Balaban J connectivity index is 2.37. The lowest BCUT2D eigenvalue weighted by Crippen LogP contribution is -2.49. The van der Waals surface area contributed by atoms with Crippen LogP contribution in [-0.4, -0.2) is 52.0 Å². The van der Waals surface area contributed by atoms with E-state index in [4.69, 9.17) is 14.2 Å². The zero-order valence-corrected chi connectivity index (χ0v) is 19.3. The van der Waals surface area contributed by atoms with Gasteiger partial charge in [-0.15, -0.1) is 0 Å². The molecule has 162 valence electrons. The van der Waals surface area contributed by atoms with E-state index in [9.17, 15) is 9.59 Å². The number of benzene rings is 2. The van der Waals surface area contributed by atoms with Gasteiger partial charge in [-0.3, -0.25) is 4.79 Å². The first-order valence-electron chi connectivity index (χ1n) is 9.94. The van der Waals surface area contributed by atoms with Crippen molar-refractivity contribution in [1.29, 1.82) is 0 Å². The second-order valence-electron chi connectivity index (χ2n) is 8.16. The number of rotatable bonds is 9. The summed E-state index contributed by atoms with van der Waals surface area (Å²) in [5, 5.41) is 0. The number of nitrogens with zero attached hydrogens (tertiary/aromatic N) is 1. The van der Waals surface area contributed by atoms with Gasteiger partial charge in [0, 0.05) is 27.9 Å².